The Hall–Kier alpha value is -0.530. The van der Waals surface area contributed by atoms with E-state index in [0.717, 1.165) is 18.0 Å². The van der Waals surface area contributed by atoms with Gasteiger partial charge in [-0.1, -0.05) is 23.7 Å². The number of benzene rings is 1. The second-order valence-electron chi connectivity index (χ2n) is 3.40. The van der Waals surface area contributed by atoms with Gasteiger partial charge in [-0.15, -0.1) is 0 Å². The highest BCUT2D eigenvalue weighted by atomic mass is 35.5. The van der Waals surface area contributed by atoms with Crippen molar-refractivity contribution in [1.82, 2.24) is 5.32 Å². The third kappa shape index (κ3) is 2.71. The molecule has 0 atom stereocenters. The summed E-state index contributed by atoms with van der Waals surface area (Å²) in [6.07, 6.45) is 1.06. The molecular weight excluding hydrogens is 182 g/mol. The zero-order chi connectivity index (χ0) is 9.84. The first kappa shape index (κ1) is 10.6. The van der Waals surface area contributed by atoms with Gasteiger partial charge in [-0.2, -0.15) is 0 Å². The Balaban J connectivity index is 2.86. The first-order valence-corrected chi connectivity index (χ1v) is 4.93. The van der Waals surface area contributed by atoms with Crippen LogP contribution in [0.25, 0.3) is 0 Å². The zero-order valence-corrected chi connectivity index (χ0v) is 9.20. The molecule has 1 N–H and O–H groups in total. The highest BCUT2D eigenvalue weighted by Crippen LogP contribution is 2.21. The van der Waals surface area contributed by atoms with Crippen LogP contribution in [-0.2, 0) is 6.42 Å². The quantitative estimate of drug-likeness (QED) is 0.786. The largest absolute Gasteiger partial charge is 0.319 e. The molecule has 0 fully saturated rings. The number of halogens is 1. The molecule has 0 aromatic heterocycles. The molecular formula is C11H16ClN. The molecule has 1 nitrogen and oxygen atoms in total. The summed E-state index contributed by atoms with van der Waals surface area (Å²) in [6, 6.07) is 4.32. The van der Waals surface area contributed by atoms with Crippen LogP contribution in [0.2, 0.25) is 5.02 Å². The smallest absolute Gasteiger partial charge is 0.0464 e. The molecule has 1 aromatic carbocycles. The number of likely N-dealkylation sites (N-methyl/N-ethyl adjacent to an activating group) is 1. The molecule has 13 heavy (non-hydrogen) atoms. The van der Waals surface area contributed by atoms with Crippen LogP contribution in [0.4, 0.5) is 0 Å². The Kier molecular flexibility index (Phi) is 3.76. The van der Waals surface area contributed by atoms with Crippen LogP contribution in [0.5, 0.6) is 0 Å². The van der Waals surface area contributed by atoms with Crippen molar-refractivity contribution in [3.05, 3.63) is 33.8 Å². The van der Waals surface area contributed by atoms with Gasteiger partial charge in [0.2, 0.25) is 0 Å². The van der Waals surface area contributed by atoms with Crippen molar-refractivity contribution in [3.63, 3.8) is 0 Å². The highest BCUT2D eigenvalue weighted by Gasteiger charge is 2.01. The van der Waals surface area contributed by atoms with E-state index in [1.807, 2.05) is 7.05 Å². The average Bonchev–Trinajstić information content (AvgIpc) is 2.10. The lowest BCUT2D eigenvalue weighted by molar-refractivity contribution is 0.791. The standard InChI is InChI=1S/C11H16ClN/c1-8-6-10(4-5-13-3)7-9(2)11(8)12/h6-7,13H,4-5H2,1-3H3. The second-order valence-corrected chi connectivity index (χ2v) is 3.78. The van der Waals surface area contributed by atoms with E-state index in [1.165, 1.54) is 16.7 Å². The summed E-state index contributed by atoms with van der Waals surface area (Å²) in [7, 11) is 1.97. The summed E-state index contributed by atoms with van der Waals surface area (Å²) in [5.41, 5.74) is 3.70. The molecule has 0 spiro atoms. The summed E-state index contributed by atoms with van der Waals surface area (Å²) in [6.45, 7) is 5.12. The van der Waals surface area contributed by atoms with Crippen LogP contribution in [0.1, 0.15) is 16.7 Å². The van der Waals surface area contributed by atoms with Gasteiger partial charge in [-0.25, -0.2) is 0 Å². The minimum Gasteiger partial charge on any atom is -0.319 e. The molecule has 0 unspecified atom stereocenters. The van der Waals surface area contributed by atoms with Gasteiger partial charge >= 0.3 is 0 Å². The summed E-state index contributed by atoms with van der Waals surface area (Å²) in [5.74, 6) is 0. The molecule has 2 heteroatoms. The lowest BCUT2D eigenvalue weighted by Crippen LogP contribution is -2.10. The van der Waals surface area contributed by atoms with Crippen molar-refractivity contribution >= 4 is 11.6 Å². The first-order valence-electron chi connectivity index (χ1n) is 4.55. The van der Waals surface area contributed by atoms with E-state index in [-0.39, 0.29) is 0 Å². The molecule has 0 aliphatic rings. The SMILES string of the molecule is CNCCc1cc(C)c(Cl)c(C)c1. The maximum Gasteiger partial charge on any atom is 0.0464 e. The Morgan fingerprint density at radius 1 is 1.23 bits per heavy atom. The topological polar surface area (TPSA) is 12.0 Å². The van der Waals surface area contributed by atoms with E-state index in [0.29, 0.717) is 0 Å². The number of rotatable bonds is 3. The van der Waals surface area contributed by atoms with Gasteiger partial charge in [0.15, 0.2) is 0 Å². The summed E-state index contributed by atoms with van der Waals surface area (Å²) < 4.78 is 0. The van der Waals surface area contributed by atoms with Crippen LogP contribution in [0.3, 0.4) is 0 Å². The van der Waals surface area contributed by atoms with Crippen molar-refractivity contribution < 1.29 is 0 Å². The normalized spacial score (nSPS) is 10.5. The molecule has 1 aromatic rings. The van der Waals surface area contributed by atoms with Gasteiger partial charge in [-0.05, 0) is 50.6 Å². The lowest BCUT2D eigenvalue weighted by atomic mass is 10.0. The van der Waals surface area contributed by atoms with Gasteiger partial charge in [0.1, 0.15) is 0 Å². The van der Waals surface area contributed by atoms with Crippen LogP contribution in [0.15, 0.2) is 12.1 Å². The summed E-state index contributed by atoms with van der Waals surface area (Å²) >= 11 is 6.07. The highest BCUT2D eigenvalue weighted by molar-refractivity contribution is 6.32. The molecule has 0 aliphatic carbocycles. The van der Waals surface area contributed by atoms with Gasteiger partial charge in [0, 0.05) is 5.02 Å². The molecule has 1 rings (SSSR count). The second kappa shape index (κ2) is 4.64. The van der Waals surface area contributed by atoms with E-state index in [4.69, 9.17) is 11.6 Å². The van der Waals surface area contributed by atoms with Crippen molar-refractivity contribution in [2.24, 2.45) is 0 Å². The fourth-order valence-corrected chi connectivity index (χ4v) is 1.56. The predicted molar refractivity (Wildman–Crippen MR) is 58.6 cm³/mol. The fraction of sp³-hybridized carbons (Fsp3) is 0.455. The minimum absolute atomic E-state index is 0.896. The van der Waals surface area contributed by atoms with E-state index in [9.17, 15) is 0 Å². The van der Waals surface area contributed by atoms with Gasteiger partial charge in [-0.3, -0.25) is 0 Å². The minimum atomic E-state index is 0.896. The predicted octanol–water partition coefficient (Wildman–Crippen LogP) is 2.72. The van der Waals surface area contributed by atoms with Crippen molar-refractivity contribution in [2.75, 3.05) is 13.6 Å². The maximum absolute atomic E-state index is 6.07. The lowest BCUT2D eigenvalue weighted by Gasteiger charge is -2.07. The third-order valence-electron chi connectivity index (χ3n) is 2.16. The van der Waals surface area contributed by atoms with E-state index < -0.39 is 0 Å². The molecule has 0 heterocycles. The molecule has 0 saturated heterocycles. The molecule has 0 saturated carbocycles. The van der Waals surface area contributed by atoms with Crippen molar-refractivity contribution in [1.29, 1.82) is 0 Å². The van der Waals surface area contributed by atoms with Gasteiger partial charge in [0.05, 0.1) is 0 Å². The van der Waals surface area contributed by atoms with Crippen LogP contribution < -0.4 is 5.32 Å². The summed E-state index contributed by atoms with van der Waals surface area (Å²) in [5, 5.41) is 4.03. The number of hydrogen-bond donors (Lipinski definition) is 1. The first-order chi connectivity index (χ1) is 6.15. The van der Waals surface area contributed by atoms with E-state index in [1.54, 1.807) is 0 Å². The van der Waals surface area contributed by atoms with E-state index >= 15 is 0 Å². The molecule has 0 radical (unpaired) electrons. The van der Waals surface area contributed by atoms with Gasteiger partial charge < -0.3 is 5.32 Å². The summed E-state index contributed by atoms with van der Waals surface area (Å²) in [4.78, 5) is 0. The van der Waals surface area contributed by atoms with Crippen molar-refractivity contribution in [2.45, 2.75) is 20.3 Å². The van der Waals surface area contributed by atoms with E-state index in [2.05, 4.69) is 31.3 Å². The Morgan fingerprint density at radius 3 is 2.23 bits per heavy atom. The average molecular weight is 198 g/mol. The fourth-order valence-electron chi connectivity index (χ4n) is 1.45. The zero-order valence-electron chi connectivity index (χ0n) is 8.45. The Morgan fingerprint density at radius 2 is 1.77 bits per heavy atom. The number of nitrogens with one attached hydrogen (secondary N) is 1. The van der Waals surface area contributed by atoms with Crippen LogP contribution in [0, 0.1) is 13.8 Å². The maximum atomic E-state index is 6.07. The van der Waals surface area contributed by atoms with Crippen molar-refractivity contribution in [3.8, 4) is 0 Å². The van der Waals surface area contributed by atoms with Gasteiger partial charge in [0.25, 0.3) is 0 Å². The Bertz CT molecular complexity index is 271. The Labute approximate surface area is 85.1 Å². The monoisotopic (exact) mass is 197 g/mol. The van der Waals surface area contributed by atoms with Crippen LogP contribution in [-0.4, -0.2) is 13.6 Å². The molecule has 0 amide bonds. The number of hydrogen-bond acceptors (Lipinski definition) is 1. The third-order valence-corrected chi connectivity index (χ3v) is 2.76. The van der Waals surface area contributed by atoms with Crippen LogP contribution >= 0.6 is 11.6 Å². The molecule has 0 bridgehead atoms. The molecule has 72 valence electrons. The molecule has 0 aliphatic heterocycles. The number of aryl methyl sites for hydroxylation is 2.